The maximum Gasteiger partial charge on any atom is 0.407 e. The van der Waals surface area contributed by atoms with Gasteiger partial charge >= 0.3 is 6.09 Å². The fourth-order valence-corrected chi connectivity index (χ4v) is 1.62. The minimum atomic E-state index is -0.407. The van der Waals surface area contributed by atoms with Gasteiger partial charge in [0.1, 0.15) is 25.0 Å². The highest BCUT2D eigenvalue weighted by atomic mass is 16.6. The van der Waals surface area contributed by atoms with Crippen LogP contribution >= 0.6 is 0 Å². The number of hydrogen-bond acceptors (Lipinski definition) is 5. The summed E-state index contributed by atoms with van der Waals surface area (Å²) in [5.41, 5.74) is 0. The van der Waals surface area contributed by atoms with Crippen molar-refractivity contribution in [1.29, 1.82) is 0 Å². The van der Waals surface area contributed by atoms with Crippen molar-refractivity contribution in [1.82, 2.24) is 5.32 Å². The molecule has 6 nitrogen and oxygen atoms in total. The van der Waals surface area contributed by atoms with E-state index in [2.05, 4.69) is 5.32 Å². The van der Waals surface area contributed by atoms with Crippen molar-refractivity contribution in [3.63, 3.8) is 0 Å². The van der Waals surface area contributed by atoms with Crippen LogP contribution in [0.3, 0.4) is 0 Å². The number of rotatable bonds is 5. The molecule has 1 heterocycles. The number of cyclic esters (lactones) is 1. The lowest BCUT2D eigenvalue weighted by Crippen LogP contribution is -2.32. The number of amides is 1. The molecule has 6 heteroatoms. The highest BCUT2D eigenvalue weighted by molar-refractivity contribution is 5.69. The van der Waals surface area contributed by atoms with E-state index in [1.54, 1.807) is 32.4 Å². The van der Waals surface area contributed by atoms with E-state index < -0.39 is 6.09 Å². The third-order valence-electron chi connectivity index (χ3n) is 2.54. The van der Waals surface area contributed by atoms with Crippen molar-refractivity contribution in [2.75, 3.05) is 27.4 Å². The Labute approximate surface area is 105 Å². The van der Waals surface area contributed by atoms with Crippen molar-refractivity contribution in [2.45, 2.75) is 6.04 Å². The molecule has 1 aliphatic rings. The first kappa shape index (κ1) is 12.3. The summed E-state index contributed by atoms with van der Waals surface area (Å²) in [6.45, 7) is 0.674. The van der Waals surface area contributed by atoms with Crippen LogP contribution in [0.25, 0.3) is 0 Å². The quantitative estimate of drug-likeness (QED) is 0.853. The van der Waals surface area contributed by atoms with E-state index in [4.69, 9.17) is 18.9 Å². The van der Waals surface area contributed by atoms with Gasteiger partial charge in [-0.3, -0.25) is 0 Å². The number of hydrogen-bond donors (Lipinski definition) is 1. The van der Waals surface area contributed by atoms with Crippen molar-refractivity contribution in [3.05, 3.63) is 18.2 Å². The maximum atomic E-state index is 10.8. The lowest BCUT2D eigenvalue weighted by Gasteiger charge is -2.12. The number of benzene rings is 1. The van der Waals surface area contributed by atoms with Gasteiger partial charge in [0.05, 0.1) is 14.2 Å². The van der Waals surface area contributed by atoms with E-state index in [1.165, 1.54) is 0 Å². The van der Waals surface area contributed by atoms with Gasteiger partial charge in [0.25, 0.3) is 0 Å². The predicted octanol–water partition coefficient (Wildman–Crippen LogP) is 1.19. The molecule has 1 aromatic carbocycles. The van der Waals surface area contributed by atoms with Crippen LogP contribution in [-0.2, 0) is 4.74 Å². The van der Waals surface area contributed by atoms with Crippen LogP contribution in [0.15, 0.2) is 18.2 Å². The second-order valence-corrected chi connectivity index (χ2v) is 3.77. The molecular formula is C12H15NO5. The second-order valence-electron chi connectivity index (χ2n) is 3.77. The Morgan fingerprint density at radius 1 is 1.33 bits per heavy atom. The predicted molar refractivity (Wildman–Crippen MR) is 63.3 cm³/mol. The van der Waals surface area contributed by atoms with Crippen LogP contribution in [0.1, 0.15) is 0 Å². The Morgan fingerprint density at radius 2 is 2.11 bits per heavy atom. The molecule has 1 amide bonds. The summed E-state index contributed by atoms with van der Waals surface area (Å²) in [4.78, 5) is 10.8. The molecule has 1 atom stereocenters. The van der Waals surface area contributed by atoms with Gasteiger partial charge in [0.2, 0.25) is 0 Å². The first-order valence-corrected chi connectivity index (χ1v) is 5.51. The summed E-state index contributed by atoms with van der Waals surface area (Å²) in [6, 6.07) is 5.15. The summed E-state index contributed by atoms with van der Waals surface area (Å²) in [5, 5.41) is 2.63. The largest absolute Gasteiger partial charge is 0.493 e. The van der Waals surface area contributed by atoms with Gasteiger partial charge in [0, 0.05) is 6.07 Å². The summed E-state index contributed by atoms with van der Waals surface area (Å²) in [6.07, 6.45) is -0.407. The molecule has 98 valence electrons. The van der Waals surface area contributed by atoms with Crippen molar-refractivity contribution >= 4 is 6.09 Å². The molecule has 1 fully saturated rings. The molecule has 2 rings (SSSR count). The molecule has 0 aromatic heterocycles. The van der Waals surface area contributed by atoms with Crippen LogP contribution in [-0.4, -0.2) is 39.6 Å². The van der Waals surface area contributed by atoms with Gasteiger partial charge < -0.3 is 24.3 Å². The molecule has 1 saturated heterocycles. The molecule has 18 heavy (non-hydrogen) atoms. The van der Waals surface area contributed by atoms with Gasteiger partial charge in [-0.15, -0.1) is 0 Å². The Morgan fingerprint density at radius 3 is 2.72 bits per heavy atom. The van der Waals surface area contributed by atoms with E-state index >= 15 is 0 Å². The molecule has 1 unspecified atom stereocenters. The van der Waals surface area contributed by atoms with Gasteiger partial charge in [-0.1, -0.05) is 0 Å². The van der Waals surface area contributed by atoms with Crippen LogP contribution in [0.5, 0.6) is 17.2 Å². The standard InChI is InChI=1S/C12H15NO5/c1-15-10-4-3-9(5-11(10)16-2)17-6-8-7-18-12(14)13-8/h3-5,8H,6-7H2,1-2H3,(H,13,14). The van der Waals surface area contributed by atoms with Crippen LogP contribution in [0.4, 0.5) is 4.79 Å². The van der Waals surface area contributed by atoms with Gasteiger partial charge in [-0.25, -0.2) is 4.79 Å². The van der Waals surface area contributed by atoms with Crippen LogP contribution < -0.4 is 19.5 Å². The number of methoxy groups -OCH3 is 2. The Kier molecular flexibility index (Phi) is 3.76. The molecule has 1 aromatic rings. The first-order chi connectivity index (χ1) is 8.72. The normalized spacial score (nSPS) is 17.9. The fraction of sp³-hybridized carbons (Fsp3) is 0.417. The van der Waals surface area contributed by atoms with E-state index in [0.29, 0.717) is 30.5 Å². The Bertz CT molecular complexity index is 434. The average Bonchev–Trinajstić information content (AvgIpc) is 2.81. The summed E-state index contributed by atoms with van der Waals surface area (Å²) < 4.78 is 20.6. The number of alkyl carbamates (subject to hydrolysis) is 1. The zero-order chi connectivity index (χ0) is 13.0. The number of carbonyl (C=O) groups is 1. The van der Waals surface area contributed by atoms with E-state index in [9.17, 15) is 4.79 Å². The number of ether oxygens (including phenoxy) is 4. The molecule has 0 spiro atoms. The zero-order valence-electron chi connectivity index (χ0n) is 10.3. The Balaban J connectivity index is 1.95. The minimum absolute atomic E-state index is 0.120. The number of carbonyl (C=O) groups excluding carboxylic acids is 1. The SMILES string of the molecule is COc1ccc(OCC2COC(=O)N2)cc1OC. The molecule has 1 aliphatic heterocycles. The highest BCUT2D eigenvalue weighted by Crippen LogP contribution is 2.30. The summed E-state index contributed by atoms with van der Waals surface area (Å²) >= 11 is 0. The second kappa shape index (κ2) is 5.48. The monoisotopic (exact) mass is 253 g/mol. The third kappa shape index (κ3) is 2.77. The van der Waals surface area contributed by atoms with Gasteiger partial charge in [-0.2, -0.15) is 0 Å². The van der Waals surface area contributed by atoms with Crippen LogP contribution in [0, 0.1) is 0 Å². The molecule has 0 saturated carbocycles. The maximum absolute atomic E-state index is 10.8. The fourth-order valence-electron chi connectivity index (χ4n) is 1.62. The van der Waals surface area contributed by atoms with Crippen molar-refractivity contribution in [2.24, 2.45) is 0 Å². The van der Waals surface area contributed by atoms with Crippen molar-refractivity contribution < 1.29 is 23.7 Å². The molecule has 0 aliphatic carbocycles. The first-order valence-electron chi connectivity index (χ1n) is 5.51. The highest BCUT2D eigenvalue weighted by Gasteiger charge is 2.22. The van der Waals surface area contributed by atoms with Crippen molar-refractivity contribution in [3.8, 4) is 17.2 Å². The third-order valence-corrected chi connectivity index (χ3v) is 2.54. The van der Waals surface area contributed by atoms with E-state index in [0.717, 1.165) is 0 Å². The Hall–Kier alpha value is -2.11. The average molecular weight is 253 g/mol. The van der Waals surface area contributed by atoms with Gasteiger partial charge in [0.15, 0.2) is 11.5 Å². The molecule has 0 bridgehead atoms. The minimum Gasteiger partial charge on any atom is -0.493 e. The summed E-state index contributed by atoms with van der Waals surface area (Å²) in [7, 11) is 3.14. The lowest BCUT2D eigenvalue weighted by molar-refractivity contribution is 0.174. The number of nitrogens with one attached hydrogen (secondary N) is 1. The van der Waals surface area contributed by atoms with E-state index in [-0.39, 0.29) is 6.04 Å². The zero-order valence-corrected chi connectivity index (χ0v) is 10.3. The lowest BCUT2D eigenvalue weighted by atomic mass is 10.3. The smallest absolute Gasteiger partial charge is 0.407 e. The summed E-state index contributed by atoms with van der Waals surface area (Å²) in [5.74, 6) is 1.89. The topological polar surface area (TPSA) is 66.0 Å². The van der Waals surface area contributed by atoms with E-state index in [1.807, 2.05) is 0 Å². The van der Waals surface area contributed by atoms with Crippen LogP contribution in [0.2, 0.25) is 0 Å². The van der Waals surface area contributed by atoms with Gasteiger partial charge in [-0.05, 0) is 12.1 Å². The molecule has 0 radical (unpaired) electrons. The molecule has 1 N–H and O–H groups in total. The molecular weight excluding hydrogens is 238 g/mol.